The van der Waals surface area contributed by atoms with Crippen LogP contribution in [0.4, 0.5) is 0 Å². The number of amides is 1. The monoisotopic (exact) mass is 1180 g/mol. The molecule has 19 heteroatoms. The lowest BCUT2D eigenvalue weighted by molar-refractivity contribution is -0.379. The molecule has 3 aliphatic heterocycles. The molecule has 0 aliphatic carbocycles. The number of unbranched alkanes of at least 4 members (excludes halogenated alkanes) is 20. The molecular formula is C64H111NO18. The van der Waals surface area contributed by atoms with E-state index in [0.717, 1.165) is 89.9 Å². The molecule has 0 aromatic carbocycles. The number of allylic oxidation sites excluding steroid dienone is 11. The van der Waals surface area contributed by atoms with E-state index in [2.05, 4.69) is 79.9 Å². The number of aliphatic hydroxyl groups is 11. The van der Waals surface area contributed by atoms with Gasteiger partial charge in [0.2, 0.25) is 5.91 Å². The Labute approximate surface area is 496 Å². The van der Waals surface area contributed by atoms with Crippen LogP contribution in [0.2, 0.25) is 0 Å². The number of ether oxygens (including phenoxy) is 6. The number of nitrogens with one attached hydrogen (secondary N) is 1. The van der Waals surface area contributed by atoms with Crippen molar-refractivity contribution in [2.45, 2.75) is 298 Å². The van der Waals surface area contributed by atoms with Crippen LogP contribution < -0.4 is 5.32 Å². The third-order valence-corrected chi connectivity index (χ3v) is 15.5. The van der Waals surface area contributed by atoms with Crippen molar-refractivity contribution in [3.63, 3.8) is 0 Å². The molecule has 0 aromatic rings. The van der Waals surface area contributed by atoms with Gasteiger partial charge in [0, 0.05) is 6.42 Å². The lowest BCUT2D eigenvalue weighted by Gasteiger charge is -2.48. The van der Waals surface area contributed by atoms with Gasteiger partial charge in [-0.05, 0) is 77.0 Å². The average molecular weight is 1180 g/mol. The van der Waals surface area contributed by atoms with E-state index >= 15 is 0 Å². The number of hydrogen-bond donors (Lipinski definition) is 12. The molecule has 3 heterocycles. The topological polar surface area (TPSA) is 307 Å². The number of hydrogen-bond acceptors (Lipinski definition) is 18. The molecule has 0 radical (unpaired) electrons. The van der Waals surface area contributed by atoms with Gasteiger partial charge in [-0.3, -0.25) is 4.79 Å². The molecule has 17 unspecified atom stereocenters. The molecule has 12 N–H and O–H groups in total. The minimum absolute atomic E-state index is 0.217. The van der Waals surface area contributed by atoms with Crippen LogP contribution in [0.15, 0.2) is 72.9 Å². The van der Waals surface area contributed by atoms with Gasteiger partial charge in [-0.1, -0.05) is 183 Å². The van der Waals surface area contributed by atoms with Gasteiger partial charge in [-0.15, -0.1) is 0 Å². The van der Waals surface area contributed by atoms with Crippen molar-refractivity contribution in [2.24, 2.45) is 0 Å². The Morgan fingerprint density at radius 3 is 1.35 bits per heavy atom. The summed E-state index contributed by atoms with van der Waals surface area (Å²) in [7, 11) is 0. The molecule has 3 saturated heterocycles. The van der Waals surface area contributed by atoms with Crippen molar-refractivity contribution in [3.05, 3.63) is 72.9 Å². The Hall–Kier alpha value is -2.77. The molecule has 0 saturated carbocycles. The van der Waals surface area contributed by atoms with Crippen LogP contribution in [-0.4, -0.2) is 193 Å². The molecule has 0 aromatic heterocycles. The van der Waals surface area contributed by atoms with E-state index in [1.54, 1.807) is 6.08 Å². The first-order chi connectivity index (χ1) is 40.3. The van der Waals surface area contributed by atoms with Gasteiger partial charge in [0.05, 0.1) is 38.6 Å². The van der Waals surface area contributed by atoms with Crippen LogP contribution in [0, 0.1) is 0 Å². The minimum atomic E-state index is -1.99. The Kier molecular flexibility index (Phi) is 41.6. The zero-order valence-corrected chi connectivity index (χ0v) is 50.1. The van der Waals surface area contributed by atoms with Crippen molar-refractivity contribution in [3.8, 4) is 0 Å². The Morgan fingerprint density at radius 1 is 0.446 bits per heavy atom. The quantitative estimate of drug-likeness (QED) is 0.0226. The van der Waals surface area contributed by atoms with Crippen molar-refractivity contribution in [1.82, 2.24) is 5.32 Å². The number of aliphatic hydroxyl groups excluding tert-OH is 11. The lowest BCUT2D eigenvalue weighted by Crippen LogP contribution is -2.66. The Balaban J connectivity index is 1.51. The maximum absolute atomic E-state index is 13.3. The minimum Gasteiger partial charge on any atom is -0.394 e. The van der Waals surface area contributed by atoms with Crippen molar-refractivity contribution in [1.29, 1.82) is 0 Å². The van der Waals surface area contributed by atoms with Crippen molar-refractivity contribution in [2.75, 3.05) is 26.4 Å². The summed E-state index contributed by atoms with van der Waals surface area (Å²) in [5.41, 5.74) is 0. The van der Waals surface area contributed by atoms with Crippen LogP contribution in [0.25, 0.3) is 0 Å². The van der Waals surface area contributed by atoms with Gasteiger partial charge in [0.1, 0.15) is 73.2 Å². The second-order valence-electron chi connectivity index (χ2n) is 22.5. The molecule has 83 heavy (non-hydrogen) atoms. The van der Waals surface area contributed by atoms with Crippen LogP contribution in [-0.2, 0) is 33.2 Å². The van der Waals surface area contributed by atoms with Crippen LogP contribution in [0.1, 0.15) is 194 Å². The highest BCUT2D eigenvalue weighted by molar-refractivity contribution is 5.76. The van der Waals surface area contributed by atoms with Crippen LogP contribution in [0.5, 0.6) is 0 Å². The fourth-order valence-electron chi connectivity index (χ4n) is 10.3. The fraction of sp³-hybridized carbons (Fsp3) is 0.797. The predicted octanol–water partition coefficient (Wildman–Crippen LogP) is 6.60. The van der Waals surface area contributed by atoms with E-state index in [4.69, 9.17) is 28.4 Å². The Bertz CT molecular complexity index is 1790. The third-order valence-electron chi connectivity index (χ3n) is 15.5. The second-order valence-corrected chi connectivity index (χ2v) is 22.5. The van der Waals surface area contributed by atoms with E-state index < -0.39 is 124 Å². The zero-order valence-electron chi connectivity index (χ0n) is 50.1. The van der Waals surface area contributed by atoms with E-state index in [1.807, 2.05) is 6.08 Å². The maximum atomic E-state index is 13.3. The smallest absolute Gasteiger partial charge is 0.220 e. The molecule has 3 fully saturated rings. The molecule has 480 valence electrons. The molecule has 0 bridgehead atoms. The van der Waals surface area contributed by atoms with E-state index in [0.29, 0.717) is 12.8 Å². The zero-order chi connectivity index (χ0) is 60.5. The third kappa shape index (κ3) is 29.7. The standard InChI is InChI=1S/C64H111NO18/c1-3-5-7-9-11-13-15-17-19-21-22-23-24-26-27-29-31-33-35-37-39-41-48(69)47(65-52(70)42-40-38-36-34-32-30-28-25-20-18-16-14-12-10-8-6-4-2)46-78-62-58(76)55(73)60(50(44-67)80-62)83-64-59(77)56(74)61(51(45-68)81-64)82-63-57(75)54(72)53(71)49(43-66)79-63/h6,8,12,14,18,20,24,26,31,33,39,41,47-51,53-64,66-69,71-77H,3-5,7,9-11,13,15-17,19,21-23,25,27-30,32,34-38,40,42-46H2,1-2H3,(H,65,70)/b8-6-,14-12-,20-18-,26-24+,33-31+,41-39+. The summed E-state index contributed by atoms with van der Waals surface area (Å²) in [6, 6.07) is -1.01. The largest absolute Gasteiger partial charge is 0.394 e. The summed E-state index contributed by atoms with van der Waals surface area (Å²) in [6.07, 6.45) is 28.8. The fourth-order valence-corrected chi connectivity index (χ4v) is 10.3. The highest BCUT2D eigenvalue weighted by Crippen LogP contribution is 2.33. The first-order valence-electron chi connectivity index (χ1n) is 31.7. The summed E-state index contributed by atoms with van der Waals surface area (Å²) in [4.78, 5) is 13.3. The van der Waals surface area contributed by atoms with Gasteiger partial charge in [0.15, 0.2) is 18.9 Å². The predicted molar refractivity (Wildman–Crippen MR) is 318 cm³/mol. The summed E-state index contributed by atoms with van der Waals surface area (Å²) < 4.78 is 34.2. The summed E-state index contributed by atoms with van der Waals surface area (Å²) in [5, 5.41) is 120. The normalized spacial score (nSPS) is 29.9. The highest BCUT2D eigenvalue weighted by Gasteiger charge is 2.53. The molecule has 0 spiro atoms. The van der Waals surface area contributed by atoms with Crippen LogP contribution in [0.3, 0.4) is 0 Å². The van der Waals surface area contributed by atoms with Crippen molar-refractivity contribution >= 4 is 5.91 Å². The van der Waals surface area contributed by atoms with E-state index in [1.165, 1.54) is 70.6 Å². The second kappa shape index (κ2) is 46.4. The Morgan fingerprint density at radius 2 is 0.843 bits per heavy atom. The summed E-state index contributed by atoms with van der Waals surface area (Å²) in [6.45, 7) is 1.57. The van der Waals surface area contributed by atoms with Gasteiger partial charge >= 0.3 is 0 Å². The van der Waals surface area contributed by atoms with Gasteiger partial charge in [0.25, 0.3) is 0 Å². The van der Waals surface area contributed by atoms with Gasteiger partial charge < -0.3 is 89.9 Å². The van der Waals surface area contributed by atoms with E-state index in [9.17, 15) is 61.0 Å². The van der Waals surface area contributed by atoms with E-state index in [-0.39, 0.29) is 18.9 Å². The first kappa shape index (κ1) is 74.5. The van der Waals surface area contributed by atoms with Gasteiger partial charge in [-0.2, -0.15) is 0 Å². The molecule has 19 nitrogen and oxygen atoms in total. The lowest BCUT2D eigenvalue weighted by atomic mass is 9.96. The molecule has 3 rings (SSSR count). The SMILES string of the molecule is CC/C=C\C/C=C\C/C=C\CCCCCCCCCC(=O)NC(COC1OC(CO)C(OC2OC(CO)C(OC3OC(CO)C(O)C(O)C3O)C(O)C2O)C(O)C1O)C(O)/C=C/CC/C=C/CC/C=C/CCCCCCCCCCCCC. The van der Waals surface area contributed by atoms with Crippen LogP contribution >= 0.6 is 0 Å². The molecule has 1 amide bonds. The molecule has 17 atom stereocenters. The number of carbonyl (C=O) groups is 1. The maximum Gasteiger partial charge on any atom is 0.220 e. The van der Waals surface area contributed by atoms with Gasteiger partial charge in [-0.25, -0.2) is 0 Å². The van der Waals surface area contributed by atoms with Crippen molar-refractivity contribution < 1.29 is 89.4 Å². The summed E-state index contributed by atoms with van der Waals surface area (Å²) in [5.74, 6) is -0.303. The number of carbonyl (C=O) groups excluding carboxylic acids is 1. The summed E-state index contributed by atoms with van der Waals surface area (Å²) >= 11 is 0. The average Bonchev–Trinajstić information content (AvgIpc) is 3.35. The molecule has 3 aliphatic rings. The molecular weight excluding hydrogens is 1070 g/mol. The highest BCUT2D eigenvalue weighted by atomic mass is 16.8. The first-order valence-corrected chi connectivity index (χ1v) is 31.7. The number of rotatable bonds is 46.